The van der Waals surface area contributed by atoms with Gasteiger partial charge in [-0.1, -0.05) is 18.3 Å². The topological polar surface area (TPSA) is 59.3 Å². The van der Waals surface area contributed by atoms with Gasteiger partial charge in [0.2, 0.25) is 0 Å². The van der Waals surface area contributed by atoms with Crippen molar-refractivity contribution in [3.63, 3.8) is 0 Å². The number of aliphatic imine (C=N–C) groups is 1. The van der Waals surface area contributed by atoms with Gasteiger partial charge in [-0.3, -0.25) is 0 Å². The van der Waals surface area contributed by atoms with Crippen molar-refractivity contribution in [1.82, 2.24) is 9.80 Å². The van der Waals surface area contributed by atoms with E-state index in [1.54, 1.807) is 11.0 Å². The van der Waals surface area contributed by atoms with Crippen LogP contribution < -0.4 is 0 Å². The first kappa shape index (κ1) is 20.8. The fraction of sp³-hybridized carbons (Fsp3) is 0.429. The maximum atomic E-state index is 9.82. The molecule has 0 aliphatic rings. The van der Waals surface area contributed by atoms with Gasteiger partial charge in [0.05, 0.1) is 0 Å². The highest BCUT2D eigenvalue weighted by Crippen LogP contribution is 2.36. The molecule has 1 aromatic carbocycles. The number of rotatable bonds is 3. The lowest BCUT2D eigenvalue weighted by molar-refractivity contribution is 0.453. The molecule has 0 spiro atoms. The molecule has 0 unspecified atom stereocenters. The molecule has 124 valence electrons. The van der Waals surface area contributed by atoms with E-state index in [1.165, 1.54) is 23.9 Å². The Hall–Kier alpha value is -1.18. The van der Waals surface area contributed by atoms with Crippen LogP contribution in [0.1, 0.15) is 13.8 Å². The quantitative estimate of drug-likeness (QED) is 0.487. The molecule has 0 bridgehead atoms. The zero-order chi connectivity index (χ0) is 16.0. The molecular weight excluding hydrogens is 342 g/mol. The Morgan fingerprint density at radius 3 is 2.09 bits per heavy atom. The predicted octanol–water partition coefficient (Wildman–Crippen LogP) is 3.43. The van der Waals surface area contributed by atoms with E-state index in [9.17, 15) is 10.2 Å². The van der Waals surface area contributed by atoms with Gasteiger partial charge in [-0.15, -0.1) is 12.4 Å². The van der Waals surface area contributed by atoms with Crippen LogP contribution in [0.3, 0.4) is 0 Å². The van der Waals surface area contributed by atoms with Gasteiger partial charge in [-0.25, -0.2) is 4.99 Å². The molecule has 0 aromatic heterocycles. The summed E-state index contributed by atoms with van der Waals surface area (Å²) < 4.78 is 0.711. The molecule has 0 radical (unpaired) electrons. The maximum absolute atomic E-state index is 9.82. The van der Waals surface area contributed by atoms with Crippen molar-refractivity contribution < 1.29 is 10.2 Å². The fourth-order valence-electron chi connectivity index (χ4n) is 1.57. The largest absolute Gasteiger partial charge is 0.506 e. The van der Waals surface area contributed by atoms with E-state index in [1.807, 2.05) is 32.8 Å². The second kappa shape index (κ2) is 9.76. The molecule has 2 N–H and O–H groups in total. The zero-order valence-electron chi connectivity index (χ0n) is 13.1. The van der Waals surface area contributed by atoms with Gasteiger partial charge in [-0.2, -0.15) is 0 Å². The second-order valence-corrected chi connectivity index (χ2v) is 6.08. The molecule has 1 rings (SSSR count). The molecule has 0 saturated carbocycles. The third-order valence-electron chi connectivity index (χ3n) is 2.78. The summed E-state index contributed by atoms with van der Waals surface area (Å²) >= 11 is 6.74. The summed E-state index contributed by atoms with van der Waals surface area (Å²) in [5.74, 6) is -0.132. The average Bonchev–Trinajstić information content (AvgIpc) is 2.42. The lowest BCUT2D eigenvalue weighted by Gasteiger charge is -2.23. The molecule has 22 heavy (non-hydrogen) atoms. The van der Waals surface area contributed by atoms with E-state index in [-0.39, 0.29) is 29.6 Å². The smallest absolute Gasteiger partial charge is 0.171 e. The van der Waals surface area contributed by atoms with Gasteiger partial charge >= 0.3 is 0 Å². The first-order chi connectivity index (χ1) is 9.90. The molecule has 0 aliphatic heterocycles. The van der Waals surface area contributed by atoms with Crippen molar-refractivity contribution in [3.05, 3.63) is 18.2 Å². The van der Waals surface area contributed by atoms with Gasteiger partial charge in [0, 0.05) is 27.2 Å². The van der Waals surface area contributed by atoms with E-state index >= 15 is 0 Å². The Bertz CT molecular complexity index is 515. The van der Waals surface area contributed by atoms with Gasteiger partial charge in [-0.05, 0) is 37.7 Å². The van der Waals surface area contributed by atoms with Crippen LogP contribution >= 0.6 is 36.4 Å². The first-order valence-electron chi connectivity index (χ1n) is 6.64. The predicted molar refractivity (Wildman–Crippen MR) is 101 cm³/mol. The van der Waals surface area contributed by atoms with Crippen LogP contribution in [0.4, 0.5) is 5.69 Å². The number of para-hydroxylation sites is 1. The van der Waals surface area contributed by atoms with E-state index in [2.05, 4.69) is 4.99 Å². The van der Waals surface area contributed by atoms with Gasteiger partial charge < -0.3 is 20.0 Å². The minimum absolute atomic E-state index is 0. The van der Waals surface area contributed by atoms with Gasteiger partial charge in [0.25, 0.3) is 0 Å². The number of hydrogen-bond donors (Lipinski definition) is 2. The Morgan fingerprint density at radius 1 is 1.18 bits per heavy atom. The van der Waals surface area contributed by atoms with Crippen molar-refractivity contribution in [2.24, 2.45) is 4.99 Å². The lowest BCUT2D eigenvalue weighted by atomic mass is 10.3. The monoisotopic (exact) mass is 363 g/mol. The summed E-state index contributed by atoms with van der Waals surface area (Å²) in [6, 6.07) is 4.53. The highest BCUT2D eigenvalue weighted by molar-refractivity contribution is 8.32. The zero-order valence-corrected chi connectivity index (χ0v) is 15.6. The minimum atomic E-state index is -0.0660. The molecular formula is C14H22ClN3O2S2. The van der Waals surface area contributed by atoms with Crippen LogP contribution in [0.2, 0.25) is 0 Å². The molecule has 0 aliphatic carbocycles. The number of thiocarbonyl (C=S) groups is 1. The number of benzene rings is 1. The normalized spacial score (nSPS) is 10.8. The number of hydrogen-bond acceptors (Lipinski definition) is 5. The van der Waals surface area contributed by atoms with Crippen molar-refractivity contribution in [3.8, 4) is 11.5 Å². The first-order valence-corrected chi connectivity index (χ1v) is 7.86. The molecule has 1 aromatic rings. The van der Waals surface area contributed by atoms with Crippen molar-refractivity contribution >= 4 is 51.6 Å². The van der Waals surface area contributed by atoms with Crippen LogP contribution in [0.25, 0.3) is 0 Å². The third kappa shape index (κ3) is 5.55. The standard InChI is InChI=1S/C14H21N3O2S2.ClH/c1-5-17(6-2)14(20)21-13(16(3)4)15-12-10(18)8-7-9-11(12)19;/h7-9,18-19H,5-6H2,1-4H3;1H/b15-13-;. The molecule has 0 atom stereocenters. The van der Waals surface area contributed by atoms with Crippen LogP contribution in [0, 0.1) is 0 Å². The Morgan fingerprint density at radius 2 is 1.68 bits per heavy atom. The number of thioether (sulfide) groups is 1. The SMILES string of the molecule is CCN(CC)C(=S)S/C(=N\c1c(O)cccc1O)N(C)C.Cl. The lowest BCUT2D eigenvalue weighted by Crippen LogP contribution is -2.30. The fourth-order valence-corrected chi connectivity index (χ4v) is 2.91. The molecule has 0 saturated heterocycles. The third-order valence-corrected chi connectivity index (χ3v) is 4.36. The van der Waals surface area contributed by atoms with Gasteiger partial charge in [0.15, 0.2) is 5.17 Å². The second-order valence-electron chi connectivity index (χ2n) is 4.47. The van der Waals surface area contributed by atoms with E-state index < -0.39 is 0 Å². The average molecular weight is 364 g/mol. The van der Waals surface area contributed by atoms with E-state index in [4.69, 9.17) is 12.2 Å². The Kier molecular flexibility index (Phi) is 9.24. The van der Waals surface area contributed by atoms with Crippen LogP contribution in [-0.2, 0) is 0 Å². The summed E-state index contributed by atoms with van der Waals surface area (Å²) in [7, 11) is 3.68. The number of halogens is 1. The molecule has 8 heteroatoms. The summed E-state index contributed by atoms with van der Waals surface area (Å²) in [6.07, 6.45) is 0. The number of amidine groups is 1. The molecule has 0 amide bonds. The van der Waals surface area contributed by atoms with Crippen LogP contribution in [0.15, 0.2) is 23.2 Å². The minimum Gasteiger partial charge on any atom is -0.506 e. The molecule has 0 heterocycles. The maximum Gasteiger partial charge on any atom is 0.171 e. The van der Waals surface area contributed by atoms with Crippen molar-refractivity contribution in [1.29, 1.82) is 0 Å². The summed E-state index contributed by atoms with van der Waals surface area (Å²) in [5.41, 5.74) is 0.149. The number of phenolic OH excluding ortho intramolecular Hbond substituents is 2. The van der Waals surface area contributed by atoms with E-state index in [0.29, 0.717) is 9.49 Å². The number of aromatic hydroxyl groups is 2. The van der Waals surface area contributed by atoms with Gasteiger partial charge in [0.1, 0.15) is 21.5 Å². The van der Waals surface area contributed by atoms with E-state index in [0.717, 1.165) is 13.1 Å². The Balaban J connectivity index is 0.00000441. The highest BCUT2D eigenvalue weighted by Gasteiger charge is 2.14. The molecule has 5 nitrogen and oxygen atoms in total. The van der Waals surface area contributed by atoms with Crippen molar-refractivity contribution in [2.45, 2.75) is 13.8 Å². The number of nitrogens with zero attached hydrogens (tertiary/aromatic N) is 3. The molecule has 0 fully saturated rings. The van der Waals surface area contributed by atoms with Crippen LogP contribution in [0.5, 0.6) is 11.5 Å². The van der Waals surface area contributed by atoms with Crippen molar-refractivity contribution in [2.75, 3.05) is 27.2 Å². The van der Waals surface area contributed by atoms with Crippen LogP contribution in [-0.4, -0.2) is 56.7 Å². The number of phenols is 2. The highest BCUT2D eigenvalue weighted by atomic mass is 35.5. The Labute approximate surface area is 147 Å². The summed E-state index contributed by atoms with van der Waals surface area (Å²) in [5, 5.41) is 20.2. The summed E-state index contributed by atoms with van der Waals surface area (Å²) in [6.45, 7) is 5.73. The summed E-state index contributed by atoms with van der Waals surface area (Å²) in [4.78, 5) is 8.18.